The number of H-pyrrole nitrogens is 1. The third-order valence-electron chi connectivity index (χ3n) is 3.86. The Kier molecular flexibility index (Phi) is 4.54. The number of hydrogen-bond donors (Lipinski definition) is 2. The van der Waals surface area contributed by atoms with Gasteiger partial charge in [0.05, 0.1) is 28.6 Å². The molecule has 9 heteroatoms. The molecule has 2 aromatic carbocycles. The van der Waals surface area contributed by atoms with Crippen molar-refractivity contribution in [2.45, 2.75) is 15.7 Å². The highest BCUT2D eigenvalue weighted by molar-refractivity contribution is 7.92. The van der Waals surface area contributed by atoms with Crippen molar-refractivity contribution in [2.75, 3.05) is 4.72 Å². The number of nitrogens with one attached hydrogen (secondary N) is 2. The van der Waals surface area contributed by atoms with Crippen molar-refractivity contribution >= 4 is 37.5 Å². The van der Waals surface area contributed by atoms with Gasteiger partial charge in [-0.3, -0.25) is 8.93 Å². The van der Waals surface area contributed by atoms with Crippen LogP contribution in [-0.4, -0.2) is 22.6 Å². The summed E-state index contributed by atoms with van der Waals surface area (Å²) in [6, 6.07) is 15.0. The molecule has 0 aliphatic carbocycles. The zero-order valence-electron chi connectivity index (χ0n) is 14.0. The molecular weight excluding hydrogens is 386 g/mol. The Morgan fingerprint density at radius 3 is 2.74 bits per heavy atom. The molecule has 0 amide bonds. The number of hydrogen-bond acceptors (Lipinski definition) is 5. The Hall–Kier alpha value is -2.91. The highest BCUT2D eigenvalue weighted by Gasteiger charge is 2.20. The maximum absolute atomic E-state index is 12.6. The van der Waals surface area contributed by atoms with Gasteiger partial charge in [0.25, 0.3) is 10.0 Å². The van der Waals surface area contributed by atoms with Crippen LogP contribution in [0.2, 0.25) is 0 Å². The lowest BCUT2D eigenvalue weighted by Gasteiger charge is -2.07. The Labute approximate surface area is 158 Å². The molecule has 0 aliphatic heterocycles. The predicted octanol–water partition coefficient (Wildman–Crippen LogP) is 3.26. The van der Waals surface area contributed by atoms with E-state index >= 15 is 0 Å². The van der Waals surface area contributed by atoms with E-state index in [1.165, 1.54) is 12.4 Å². The predicted molar refractivity (Wildman–Crippen MR) is 102 cm³/mol. The maximum Gasteiger partial charge on any atom is 0.295 e. The minimum absolute atomic E-state index is 0.173. The number of furan rings is 1. The Balaban J connectivity index is 1.57. The van der Waals surface area contributed by atoms with Crippen LogP contribution < -0.4 is 4.72 Å². The summed E-state index contributed by atoms with van der Waals surface area (Å²) in [6.45, 7) is 0. The van der Waals surface area contributed by atoms with Crippen molar-refractivity contribution in [3.05, 3.63) is 72.8 Å². The van der Waals surface area contributed by atoms with Gasteiger partial charge in [-0.2, -0.15) is 8.42 Å². The van der Waals surface area contributed by atoms with Gasteiger partial charge < -0.3 is 9.40 Å². The van der Waals surface area contributed by atoms with Gasteiger partial charge in [0, 0.05) is 28.2 Å². The number of rotatable bonds is 6. The second kappa shape index (κ2) is 7.01. The van der Waals surface area contributed by atoms with Crippen LogP contribution >= 0.6 is 0 Å². The molecule has 4 aromatic rings. The topological polar surface area (TPSA) is 105 Å². The zero-order valence-corrected chi connectivity index (χ0v) is 15.6. The lowest BCUT2D eigenvalue weighted by Crippen LogP contribution is -2.12. The van der Waals surface area contributed by atoms with Crippen molar-refractivity contribution in [1.82, 2.24) is 9.97 Å². The summed E-state index contributed by atoms with van der Waals surface area (Å²) in [5, 5.41) is 0.528. The molecule has 2 N–H and O–H groups in total. The maximum atomic E-state index is 12.6. The number of imidazole rings is 1. The van der Waals surface area contributed by atoms with E-state index in [9.17, 15) is 12.6 Å². The molecule has 138 valence electrons. The third-order valence-corrected chi connectivity index (χ3v) is 6.45. The smallest absolute Gasteiger partial charge is 0.295 e. The lowest BCUT2D eigenvalue weighted by molar-refractivity contribution is 0.484. The Morgan fingerprint density at radius 1 is 1.11 bits per heavy atom. The van der Waals surface area contributed by atoms with Crippen molar-refractivity contribution < 1.29 is 17.0 Å². The fourth-order valence-corrected chi connectivity index (χ4v) is 4.70. The van der Waals surface area contributed by atoms with Gasteiger partial charge in [-0.1, -0.05) is 24.3 Å². The van der Waals surface area contributed by atoms with Crippen molar-refractivity contribution in [2.24, 2.45) is 0 Å². The third kappa shape index (κ3) is 3.79. The van der Waals surface area contributed by atoms with Crippen LogP contribution in [-0.2, 0) is 26.6 Å². The molecule has 0 spiro atoms. The minimum atomic E-state index is -3.90. The van der Waals surface area contributed by atoms with Gasteiger partial charge in [-0.25, -0.2) is 4.98 Å². The molecule has 0 fully saturated rings. The summed E-state index contributed by atoms with van der Waals surface area (Å²) in [5.41, 5.74) is 1.54. The normalized spacial score (nSPS) is 12.9. The van der Waals surface area contributed by atoms with Gasteiger partial charge in [-0.15, -0.1) is 0 Å². The second-order valence-corrected chi connectivity index (χ2v) is 8.87. The number of nitrogens with zero attached hydrogens (tertiary/aromatic N) is 1. The van der Waals surface area contributed by atoms with E-state index in [4.69, 9.17) is 4.42 Å². The first-order valence-corrected chi connectivity index (χ1v) is 10.8. The SMILES string of the molecule is O=S(Cc1cnc[nH]1)c1cccc(NS(=O)(=O)c2cc3ccccc3o2)c1. The summed E-state index contributed by atoms with van der Waals surface area (Å²) in [4.78, 5) is 7.30. The van der Waals surface area contributed by atoms with Crippen molar-refractivity contribution in [3.63, 3.8) is 0 Å². The average molecular weight is 401 g/mol. The molecule has 7 nitrogen and oxygen atoms in total. The van der Waals surface area contributed by atoms with Crippen LogP contribution in [0.3, 0.4) is 0 Å². The molecule has 0 saturated heterocycles. The monoisotopic (exact) mass is 401 g/mol. The molecule has 0 bridgehead atoms. The Morgan fingerprint density at radius 2 is 1.96 bits per heavy atom. The van der Waals surface area contributed by atoms with Crippen LogP contribution in [0.1, 0.15) is 5.69 Å². The van der Waals surface area contributed by atoms with Crippen LogP contribution in [0, 0.1) is 0 Å². The number of fused-ring (bicyclic) bond motifs is 1. The molecule has 1 unspecified atom stereocenters. The molecule has 0 saturated carbocycles. The molecular formula is C18H15N3O4S2. The fourth-order valence-electron chi connectivity index (χ4n) is 2.58. The first-order chi connectivity index (χ1) is 13.0. The van der Waals surface area contributed by atoms with Gasteiger partial charge in [0.2, 0.25) is 5.09 Å². The fraction of sp³-hybridized carbons (Fsp3) is 0.0556. The largest absolute Gasteiger partial charge is 0.443 e. The highest BCUT2D eigenvalue weighted by atomic mass is 32.2. The van der Waals surface area contributed by atoms with E-state index in [2.05, 4.69) is 14.7 Å². The number of aromatic nitrogens is 2. The van der Waals surface area contributed by atoms with Gasteiger partial charge in [0.1, 0.15) is 5.58 Å². The van der Waals surface area contributed by atoms with Crippen LogP contribution in [0.4, 0.5) is 5.69 Å². The summed E-state index contributed by atoms with van der Waals surface area (Å²) in [6.07, 6.45) is 3.12. The standard InChI is InChI=1S/C18H15N3O4S2/c22-26(11-15-10-19-12-20-15)16-6-3-5-14(9-16)21-27(23,24)18-8-13-4-1-2-7-17(13)25-18/h1-10,12,21H,11H2,(H,19,20). The van der Waals surface area contributed by atoms with Crippen LogP contribution in [0.25, 0.3) is 11.0 Å². The van der Waals surface area contributed by atoms with E-state index < -0.39 is 20.8 Å². The lowest BCUT2D eigenvalue weighted by atomic mass is 10.3. The number of benzene rings is 2. The van der Waals surface area contributed by atoms with Gasteiger partial charge in [0.15, 0.2) is 0 Å². The van der Waals surface area contributed by atoms with Gasteiger partial charge in [-0.05, 0) is 24.3 Å². The van der Waals surface area contributed by atoms with E-state index in [0.29, 0.717) is 21.6 Å². The first-order valence-electron chi connectivity index (χ1n) is 7.98. The number of sulfonamides is 1. The van der Waals surface area contributed by atoms with E-state index in [-0.39, 0.29) is 10.8 Å². The first kappa shape index (κ1) is 17.5. The summed E-state index contributed by atoms with van der Waals surface area (Å²) < 4.78 is 45.6. The molecule has 2 heterocycles. The quantitative estimate of drug-likeness (QED) is 0.516. The molecule has 1 atom stereocenters. The van der Waals surface area contributed by atoms with E-state index in [1.807, 2.05) is 0 Å². The van der Waals surface area contributed by atoms with E-state index in [0.717, 1.165) is 5.69 Å². The number of para-hydroxylation sites is 1. The molecule has 27 heavy (non-hydrogen) atoms. The molecule has 0 radical (unpaired) electrons. The average Bonchev–Trinajstić information content (AvgIpc) is 3.31. The van der Waals surface area contributed by atoms with Gasteiger partial charge >= 0.3 is 0 Å². The van der Waals surface area contributed by atoms with Crippen LogP contribution in [0.15, 0.2) is 81.5 Å². The molecule has 4 rings (SSSR count). The van der Waals surface area contributed by atoms with E-state index in [1.54, 1.807) is 54.7 Å². The highest BCUT2D eigenvalue weighted by Crippen LogP contribution is 2.25. The summed E-state index contributed by atoms with van der Waals surface area (Å²) in [5.74, 6) is 0.264. The molecule has 0 aliphatic rings. The van der Waals surface area contributed by atoms with Crippen molar-refractivity contribution in [1.29, 1.82) is 0 Å². The zero-order chi connectivity index (χ0) is 18.9. The number of anilines is 1. The van der Waals surface area contributed by atoms with Crippen LogP contribution in [0.5, 0.6) is 0 Å². The number of aromatic amines is 1. The minimum Gasteiger partial charge on any atom is -0.443 e. The molecule has 2 aromatic heterocycles. The summed E-state index contributed by atoms with van der Waals surface area (Å²) >= 11 is 0. The second-order valence-electron chi connectivity index (χ2n) is 5.80. The Bertz CT molecular complexity index is 1180. The van der Waals surface area contributed by atoms with Crippen molar-refractivity contribution in [3.8, 4) is 0 Å². The summed E-state index contributed by atoms with van der Waals surface area (Å²) in [7, 11) is -5.24.